The van der Waals surface area contributed by atoms with Crippen molar-refractivity contribution in [2.24, 2.45) is 5.41 Å². The van der Waals surface area contributed by atoms with Crippen LogP contribution in [0.3, 0.4) is 0 Å². The van der Waals surface area contributed by atoms with Crippen LogP contribution < -0.4 is 5.32 Å². The summed E-state index contributed by atoms with van der Waals surface area (Å²) in [5.41, 5.74) is 0.369. The van der Waals surface area contributed by atoms with E-state index in [-0.39, 0.29) is 0 Å². The number of hydrogen-bond donors (Lipinski definition) is 1. The third-order valence-electron chi connectivity index (χ3n) is 2.29. The van der Waals surface area contributed by atoms with Crippen LogP contribution in [0.1, 0.15) is 41.0 Å². The van der Waals surface area contributed by atoms with Crippen LogP contribution in [0.25, 0.3) is 0 Å². The summed E-state index contributed by atoms with van der Waals surface area (Å²) in [5, 5.41) is 3.51. The molecule has 2 heteroatoms. The van der Waals surface area contributed by atoms with E-state index in [1.807, 2.05) is 0 Å². The molecular formula is C12H28N2. The lowest BCUT2D eigenvalue weighted by molar-refractivity contribution is 0.201. The van der Waals surface area contributed by atoms with E-state index in [1.54, 1.807) is 0 Å². The molecule has 0 aliphatic rings. The van der Waals surface area contributed by atoms with Crippen molar-refractivity contribution in [3.63, 3.8) is 0 Å². The molecule has 0 aromatic rings. The van der Waals surface area contributed by atoms with Crippen LogP contribution in [0.4, 0.5) is 0 Å². The molecule has 1 N–H and O–H groups in total. The van der Waals surface area contributed by atoms with E-state index in [4.69, 9.17) is 0 Å². The average Bonchev–Trinajstić information content (AvgIpc) is 2.00. The predicted octanol–water partition coefficient (Wildman–Crippen LogP) is 2.35. The quantitative estimate of drug-likeness (QED) is 0.678. The van der Waals surface area contributed by atoms with E-state index in [9.17, 15) is 0 Å². The molecule has 0 bridgehead atoms. The van der Waals surface area contributed by atoms with Crippen LogP contribution in [0.2, 0.25) is 0 Å². The van der Waals surface area contributed by atoms with Crippen molar-refractivity contribution >= 4 is 0 Å². The predicted molar refractivity (Wildman–Crippen MR) is 64.7 cm³/mol. The molecule has 86 valence electrons. The van der Waals surface area contributed by atoms with Gasteiger partial charge in [-0.15, -0.1) is 0 Å². The van der Waals surface area contributed by atoms with Crippen molar-refractivity contribution in [1.29, 1.82) is 0 Å². The van der Waals surface area contributed by atoms with Crippen LogP contribution >= 0.6 is 0 Å². The Labute approximate surface area is 90.1 Å². The fourth-order valence-corrected chi connectivity index (χ4v) is 1.73. The lowest BCUT2D eigenvalue weighted by Crippen LogP contribution is -2.41. The number of rotatable bonds is 7. The lowest BCUT2D eigenvalue weighted by atomic mass is 9.92. The van der Waals surface area contributed by atoms with E-state index in [1.165, 1.54) is 19.5 Å². The monoisotopic (exact) mass is 200 g/mol. The molecule has 14 heavy (non-hydrogen) atoms. The molecule has 0 aliphatic carbocycles. The Kier molecular flexibility index (Phi) is 6.38. The zero-order chi connectivity index (χ0) is 11.2. The molecular weight excluding hydrogens is 172 g/mol. The largest absolute Gasteiger partial charge is 0.314 e. The normalized spacial score (nSPS) is 12.9. The summed E-state index contributed by atoms with van der Waals surface area (Å²) in [6, 6.07) is 0.589. The fraction of sp³-hybridized carbons (Fsp3) is 1.00. The second-order valence-corrected chi connectivity index (χ2v) is 5.44. The van der Waals surface area contributed by atoms with E-state index in [0.717, 1.165) is 6.54 Å². The molecule has 0 aromatic heterocycles. The van der Waals surface area contributed by atoms with Crippen molar-refractivity contribution in [1.82, 2.24) is 10.2 Å². The van der Waals surface area contributed by atoms with E-state index >= 15 is 0 Å². The Morgan fingerprint density at radius 2 is 1.86 bits per heavy atom. The Morgan fingerprint density at radius 3 is 2.29 bits per heavy atom. The molecule has 0 saturated carbocycles. The molecule has 0 amide bonds. The second kappa shape index (κ2) is 6.41. The third-order valence-corrected chi connectivity index (χ3v) is 2.29. The van der Waals surface area contributed by atoms with Gasteiger partial charge in [-0.2, -0.15) is 0 Å². The van der Waals surface area contributed by atoms with Gasteiger partial charge in [0.25, 0.3) is 0 Å². The van der Waals surface area contributed by atoms with Gasteiger partial charge in [0.1, 0.15) is 0 Å². The van der Waals surface area contributed by atoms with Crippen molar-refractivity contribution in [2.45, 2.75) is 47.1 Å². The first-order valence-corrected chi connectivity index (χ1v) is 5.79. The summed E-state index contributed by atoms with van der Waals surface area (Å²) >= 11 is 0. The van der Waals surface area contributed by atoms with E-state index in [2.05, 4.69) is 51.9 Å². The molecule has 0 atom stereocenters. The molecule has 2 nitrogen and oxygen atoms in total. The minimum absolute atomic E-state index is 0.369. The molecule has 0 saturated heterocycles. The highest BCUT2D eigenvalue weighted by molar-refractivity contribution is 4.75. The highest BCUT2D eigenvalue weighted by atomic mass is 15.1. The Bertz CT molecular complexity index is 141. The zero-order valence-electron chi connectivity index (χ0n) is 10.9. The van der Waals surface area contributed by atoms with Gasteiger partial charge in [-0.05, 0) is 25.4 Å². The van der Waals surface area contributed by atoms with Gasteiger partial charge < -0.3 is 10.2 Å². The van der Waals surface area contributed by atoms with Crippen molar-refractivity contribution in [3.05, 3.63) is 0 Å². The first-order chi connectivity index (χ1) is 6.37. The van der Waals surface area contributed by atoms with Gasteiger partial charge in [-0.3, -0.25) is 0 Å². The van der Waals surface area contributed by atoms with Crippen LogP contribution in [0, 0.1) is 5.41 Å². The van der Waals surface area contributed by atoms with Gasteiger partial charge in [0.2, 0.25) is 0 Å². The number of nitrogens with one attached hydrogen (secondary N) is 1. The molecule has 0 fully saturated rings. The molecule has 0 radical (unpaired) electrons. The maximum atomic E-state index is 3.51. The van der Waals surface area contributed by atoms with Crippen LogP contribution in [-0.4, -0.2) is 37.6 Å². The summed E-state index contributed by atoms with van der Waals surface area (Å²) in [6.07, 6.45) is 1.24. The zero-order valence-corrected chi connectivity index (χ0v) is 10.9. The van der Waals surface area contributed by atoms with Gasteiger partial charge in [0, 0.05) is 19.1 Å². The van der Waals surface area contributed by atoms with E-state index in [0.29, 0.717) is 11.5 Å². The van der Waals surface area contributed by atoms with Gasteiger partial charge >= 0.3 is 0 Å². The first kappa shape index (κ1) is 13.9. The second-order valence-electron chi connectivity index (χ2n) is 5.44. The van der Waals surface area contributed by atoms with Crippen LogP contribution in [0.15, 0.2) is 0 Å². The minimum Gasteiger partial charge on any atom is -0.314 e. The van der Waals surface area contributed by atoms with Gasteiger partial charge in [0.15, 0.2) is 0 Å². The standard InChI is InChI=1S/C12H28N2/c1-7-8-14(6)10-12(4,5)9-13-11(2)3/h11,13H,7-10H2,1-6H3. The van der Waals surface area contributed by atoms with E-state index < -0.39 is 0 Å². The SMILES string of the molecule is CCCN(C)CC(C)(C)CNC(C)C. The number of nitrogens with zero attached hydrogens (tertiary/aromatic N) is 1. The highest BCUT2D eigenvalue weighted by Crippen LogP contribution is 2.15. The van der Waals surface area contributed by atoms with Crippen molar-refractivity contribution in [2.75, 3.05) is 26.7 Å². The van der Waals surface area contributed by atoms with Crippen LogP contribution in [-0.2, 0) is 0 Å². The lowest BCUT2D eigenvalue weighted by Gasteiger charge is -2.31. The average molecular weight is 200 g/mol. The Morgan fingerprint density at radius 1 is 1.29 bits per heavy atom. The maximum absolute atomic E-state index is 3.51. The highest BCUT2D eigenvalue weighted by Gasteiger charge is 2.19. The molecule has 0 unspecified atom stereocenters. The fourth-order valence-electron chi connectivity index (χ4n) is 1.73. The molecule has 0 rings (SSSR count). The first-order valence-electron chi connectivity index (χ1n) is 5.79. The Hall–Kier alpha value is -0.0800. The van der Waals surface area contributed by atoms with Crippen molar-refractivity contribution < 1.29 is 0 Å². The maximum Gasteiger partial charge on any atom is 0.00418 e. The summed E-state index contributed by atoms with van der Waals surface area (Å²) in [6.45, 7) is 14.8. The van der Waals surface area contributed by atoms with Gasteiger partial charge in [0.05, 0.1) is 0 Å². The van der Waals surface area contributed by atoms with Gasteiger partial charge in [-0.25, -0.2) is 0 Å². The molecule has 0 spiro atoms. The molecule has 0 heterocycles. The summed E-state index contributed by atoms with van der Waals surface area (Å²) in [7, 11) is 2.21. The summed E-state index contributed by atoms with van der Waals surface area (Å²) < 4.78 is 0. The summed E-state index contributed by atoms with van der Waals surface area (Å²) in [5.74, 6) is 0. The molecule has 0 aromatic carbocycles. The molecule has 0 aliphatic heterocycles. The van der Waals surface area contributed by atoms with Crippen LogP contribution in [0.5, 0.6) is 0 Å². The topological polar surface area (TPSA) is 15.3 Å². The smallest absolute Gasteiger partial charge is 0.00418 e. The third kappa shape index (κ3) is 7.34. The Balaban J connectivity index is 3.81. The van der Waals surface area contributed by atoms with Crippen molar-refractivity contribution in [3.8, 4) is 0 Å². The summed E-state index contributed by atoms with van der Waals surface area (Å²) in [4.78, 5) is 2.42. The minimum atomic E-state index is 0.369. The van der Waals surface area contributed by atoms with Gasteiger partial charge in [-0.1, -0.05) is 34.6 Å². The number of hydrogen-bond acceptors (Lipinski definition) is 2.